The number of rotatable bonds is 5. The fraction of sp³-hybridized carbons (Fsp3) is 0.278. The van der Waals surface area contributed by atoms with Gasteiger partial charge < -0.3 is 15.2 Å². The third-order valence-electron chi connectivity index (χ3n) is 3.48. The second-order valence-corrected chi connectivity index (χ2v) is 5.45. The number of hydrogen-bond acceptors (Lipinski definition) is 3. The zero-order chi connectivity index (χ0) is 16.1. The number of methoxy groups -OCH3 is 1. The van der Waals surface area contributed by atoms with E-state index >= 15 is 0 Å². The van der Waals surface area contributed by atoms with Crippen LogP contribution in [0, 0.1) is 0 Å². The summed E-state index contributed by atoms with van der Waals surface area (Å²) in [6.45, 7) is 4.18. The van der Waals surface area contributed by atoms with E-state index in [1.165, 1.54) is 0 Å². The van der Waals surface area contributed by atoms with E-state index in [4.69, 9.17) is 4.74 Å². The van der Waals surface area contributed by atoms with Crippen molar-refractivity contribution in [2.45, 2.75) is 25.9 Å². The molecule has 2 aromatic carbocycles. The van der Waals surface area contributed by atoms with E-state index in [0.717, 1.165) is 5.56 Å². The number of aliphatic hydroxyl groups excluding tert-OH is 1. The lowest BCUT2D eigenvalue weighted by Crippen LogP contribution is -2.20. The second kappa shape index (κ2) is 7.09. The molecule has 2 aromatic rings. The molecule has 0 aromatic heterocycles. The molecule has 0 fully saturated rings. The Kier molecular flexibility index (Phi) is 5.17. The minimum absolute atomic E-state index is 0.375. The maximum Gasteiger partial charge on any atom is 0.257 e. The summed E-state index contributed by atoms with van der Waals surface area (Å²) >= 11 is 0. The number of carbonyl (C=O) groups is 1. The molecule has 0 aliphatic heterocycles. The second-order valence-electron chi connectivity index (χ2n) is 5.45. The summed E-state index contributed by atoms with van der Waals surface area (Å²) in [4.78, 5) is 12.2. The number of carbonyl (C=O) groups excluding carboxylic acids is 1. The van der Waals surface area contributed by atoms with E-state index in [0.29, 0.717) is 22.9 Å². The van der Waals surface area contributed by atoms with Crippen LogP contribution >= 0.6 is 0 Å². The van der Waals surface area contributed by atoms with E-state index < -0.39 is 12.0 Å². The Labute approximate surface area is 130 Å². The first-order valence-electron chi connectivity index (χ1n) is 7.24. The molecule has 0 bridgehead atoms. The molecule has 0 heterocycles. The maximum atomic E-state index is 12.2. The first-order chi connectivity index (χ1) is 10.5. The minimum atomic E-state index is -1.24. The van der Waals surface area contributed by atoms with Crippen LogP contribution in [-0.4, -0.2) is 18.1 Å². The molecule has 0 saturated heterocycles. The fourth-order valence-corrected chi connectivity index (χ4v) is 2.15. The van der Waals surface area contributed by atoms with Crippen molar-refractivity contribution < 1.29 is 14.6 Å². The molecule has 0 spiro atoms. The quantitative estimate of drug-likeness (QED) is 0.888. The highest BCUT2D eigenvalue weighted by Gasteiger charge is 2.18. The minimum Gasteiger partial charge on any atom is -0.497 e. The molecule has 0 radical (unpaired) electrons. The van der Waals surface area contributed by atoms with E-state index in [1.54, 1.807) is 31.4 Å². The molecule has 0 aliphatic carbocycles. The van der Waals surface area contributed by atoms with E-state index in [-0.39, 0.29) is 0 Å². The predicted octanol–water partition coefficient (Wildman–Crippen LogP) is 3.49. The van der Waals surface area contributed by atoms with Crippen molar-refractivity contribution >= 4 is 11.6 Å². The highest BCUT2D eigenvalue weighted by Crippen LogP contribution is 2.22. The topological polar surface area (TPSA) is 58.6 Å². The Morgan fingerprint density at radius 1 is 1.09 bits per heavy atom. The van der Waals surface area contributed by atoms with E-state index in [1.807, 2.05) is 24.3 Å². The van der Waals surface area contributed by atoms with Crippen molar-refractivity contribution in [3.63, 3.8) is 0 Å². The van der Waals surface area contributed by atoms with Gasteiger partial charge in [0.1, 0.15) is 5.75 Å². The van der Waals surface area contributed by atoms with Crippen LogP contribution in [0.15, 0.2) is 48.5 Å². The van der Waals surface area contributed by atoms with Gasteiger partial charge in [0.05, 0.1) is 7.11 Å². The summed E-state index contributed by atoms with van der Waals surface area (Å²) in [6, 6.07) is 14.5. The van der Waals surface area contributed by atoms with Crippen LogP contribution in [0.2, 0.25) is 0 Å². The van der Waals surface area contributed by atoms with Gasteiger partial charge in [0.25, 0.3) is 5.91 Å². The summed E-state index contributed by atoms with van der Waals surface area (Å²) in [7, 11) is 1.54. The van der Waals surface area contributed by atoms with Crippen molar-refractivity contribution in [2.24, 2.45) is 0 Å². The number of hydrogen-bond donors (Lipinski definition) is 2. The molecule has 1 atom stereocenters. The zero-order valence-corrected chi connectivity index (χ0v) is 13.0. The number of ether oxygens (including phenoxy) is 1. The van der Waals surface area contributed by atoms with Crippen molar-refractivity contribution in [2.75, 3.05) is 12.4 Å². The monoisotopic (exact) mass is 299 g/mol. The Morgan fingerprint density at radius 2 is 1.77 bits per heavy atom. The van der Waals surface area contributed by atoms with Gasteiger partial charge in [-0.05, 0) is 41.3 Å². The van der Waals surface area contributed by atoms with Gasteiger partial charge in [-0.1, -0.05) is 38.1 Å². The average molecular weight is 299 g/mol. The highest BCUT2D eigenvalue weighted by atomic mass is 16.5. The van der Waals surface area contributed by atoms with Crippen LogP contribution in [0.5, 0.6) is 5.75 Å². The standard InChI is InChI=1S/C18H21NO3/c1-12(2)13-6-4-8-15(10-13)19-18(21)17(20)14-7-5-9-16(11-14)22-3/h4-12,17,20H,1-3H3,(H,19,21). The lowest BCUT2D eigenvalue weighted by atomic mass is 10.0. The molecule has 0 saturated carbocycles. The molecule has 2 N–H and O–H groups in total. The summed E-state index contributed by atoms with van der Waals surface area (Å²) in [5.74, 6) is 0.514. The van der Waals surface area contributed by atoms with Gasteiger partial charge in [0.2, 0.25) is 0 Å². The van der Waals surface area contributed by atoms with Crippen LogP contribution < -0.4 is 10.1 Å². The largest absolute Gasteiger partial charge is 0.497 e. The van der Waals surface area contributed by atoms with Gasteiger partial charge in [0.15, 0.2) is 6.10 Å². The number of anilines is 1. The maximum absolute atomic E-state index is 12.2. The lowest BCUT2D eigenvalue weighted by Gasteiger charge is -2.14. The summed E-state index contributed by atoms with van der Waals surface area (Å²) in [5, 5.41) is 12.9. The molecule has 4 nitrogen and oxygen atoms in total. The van der Waals surface area contributed by atoms with Crippen molar-refractivity contribution in [1.82, 2.24) is 0 Å². The molecular weight excluding hydrogens is 278 g/mol. The van der Waals surface area contributed by atoms with Crippen molar-refractivity contribution in [1.29, 1.82) is 0 Å². The van der Waals surface area contributed by atoms with Gasteiger partial charge in [-0.25, -0.2) is 0 Å². The zero-order valence-electron chi connectivity index (χ0n) is 13.0. The number of benzene rings is 2. The first kappa shape index (κ1) is 16.0. The van der Waals surface area contributed by atoms with Gasteiger partial charge in [-0.3, -0.25) is 4.79 Å². The average Bonchev–Trinajstić information content (AvgIpc) is 2.54. The summed E-state index contributed by atoms with van der Waals surface area (Å²) in [5.41, 5.74) is 2.31. The van der Waals surface area contributed by atoms with Gasteiger partial charge in [-0.2, -0.15) is 0 Å². The number of aliphatic hydroxyl groups is 1. The molecule has 0 aliphatic rings. The van der Waals surface area contributed by atoms with Gasteiger partial charge in [-0.15, -0.1) is 0 Å². The van der Waals surface area contributed by atoms with E-state index in [9.17, 15) is 9.90 Å². The molecule has 2 rings (SSSR count). The smallest absolute Gasteiger partial charge is 0.257 e. The third kappa shape index (κ3) is 3.86. The molecular formula is C18H21NO3. The summed E-state index contributed by atoms with van der Waals surface area (Å²) < 4.78 is 5.10. The predicted molar refractivity (Wildman–Crippen MR) is 87.1 cm³/mol. The molecule has 1 amide bonds. The van der Waals surface area contributed by atoms with E-state index in [2.05, 4.69) is 19.2 Å². The number of nitrogens with one attached hydrogen (secondary N) is 1. The Hall–Kier alpha value is -2.33. The Morgan fingerprint density at radius 3 is 2.45 bits per heavy atom. The van der Waals surface area contributed by atoms with Gasteiger partial charge in [0, 0.05) is 5.69 Å². The normalized spacial score (nSPS) is 12.0. The SMILES string of the molecule is COc1cccc(C(O)C(=O)Nc2cccc(C(C)C)c2)c1. The van der Waals surface area contributed by atoms with Crippen molar-refractivity contribution in [3.05, 3.63) is 59.7 Å². The van der Waals surface area contributed by atoms with Crippen LogP contribution in [0.4, 0.5) is 5.69 Å². The molecule has 22 heavy (non-hydrogen) atoms. The van der Waals surface area contributed by atoms with Crippen LogP contribution in [-0.2, 0) is 4.79 Å². The summed E-state index contributed by atoms with van der Waals surface area (Å²) in [6.07, 6.45) is -1.24. The Bertz CT molecular complexity index is 652. The molecule has 4 heteroatoms. The van der Waals surface area contributed by atoms with Crippen LogP contribution in [0.25, 0.3) is 0 Å². The van der Waals surface area contributed by atoms with Crippen LogP contribution in [0.3, 0.4) is 0 Å². The Balaban J connectivity index is 2.12. The van der Waals surface area contributed by atoms with Crippen LogP contribution in [0.1, 0.15) is 37.0 Å². The lowest BCUT2D eigenvalue weighted by molar-refractivity contribution is -0.124. The number of amides is 1. The fourth-order valence-electron chi connectivity index (χ4n) is 2.15. The van der Waals surface area contributed by atoms with Crippen molar-refractivity contribution in [3.8, 4) is 5.75 Å². The first-order valence-corrected chi connectivity index (χ1v) is 7.24. The molecule has 1 unspecified atom stereocenters. The molecule has 116 valence electrons. The highest BCUT2D eigenvalue weighted by molar-refractivity contribution is 5.94. The third-order valence-corrected chi connectivity index (χ3v) is 3.48. The van der Waals surface area contributed by atoms with Gasteiger partial charge >= 0.3 is 0 Å².